The lowest BCUT2D eigenvalue weighted by atomic mass is 10.2. The quantitative estimate of drug-likeness (QED) is 0.379. The molecule has 1 fully saturated rings. The molecule has 1 aromatic rings. The molecular formula is C18H26BrClN4O. The van der Waals surface area contributed by atoms with Gasteiger partial charge < -0.3 is 9.80 Å². The molecule has 0 bridgehead atoms. The van der Waals surface area contributed by atoms with Crippen LogP contribution in [0.4, 0.5) is 5.69 Å². The summed E-state index contributed by atoms with van der Waals surface area (Å²) in [5, 5.41) is 6.06. The molecular weight excluding hydrogens is 404 g/mol. The van der Waals surface area contributed by atoms with Gasteiger partial charge in [0.2, 0.25) is 5.91 Å². The van der Waals surface area contributed by atoms with Crippen molar-refractivity contribution in [1.82, 2.24) is 9.91 Å². The van der Waals surface area contributed by atoms with E-state index in [4.69, 9.17) is 11.6 Å². The highest BCUT2D eigenvalue weighted by Gasteiger charge is 2.22. The number of anilines is 1. The third-order valence-electron chi connectivity index (χ3n) is 4.25. The number of hydrazone groups is 1. The Balaban J connectivity index is 1.88. The summed E-state index contributed by atoms with van der Waals surface area (Å²) in [6.45, 7) is 8.44. The second-order valence-electron chi connectivity index (χ2n) is 6.14. The van der Waals surface area contributed by atoms with Crippen molar-refractivity contribution in [2.24, 2.45) is 5.10 Å². The number of hydrogen-bond acceptors (Lipinski definition) is 4. The molecule has 0 spiro atoms. The van der Waals surface area contributed by atoms with E-state index in [1.54, 1.807) is 11.2 Å². The van der Waals surface area contributed by atoms with Gasteiger partial charge in [-0.05, 0) is 37.1 Å². The first-order valence-corrected chi connectivity index (χ1v) is 10.00. The minimum absolute atomic E-state index is 0.131. The van der Waals surface area contributed by atoms with Gasteiger partial charge in [0.15, 0.2) is 0 Å². The second kappa shape index (κ2) is 10.0. The molecule has 1 aliphatic rings. The Morgan fingerprint density at radius 2 is 2.08 bits per heavy atom. The van der Waals surface area contributed by atoms with E-state index in [0.29, 0.717) is 12.4 Å². The van der Waals surface area contributed by atoms with Crippen LogP contribution in [0.5, 0.6) is 0 Å². The molecule has 25 heavy (non-hydrogen) atoms. The largest absolute Gasteiger partial charge is 0.368 e. The SMILES string of the molecule is CCCN(CC(=O)N1CCN(c2ccc(Br)c(C)c2)CC1)/N=C\CCl. The minimum Gasteiger partial charge on any atom is -0.368 e. The fourth-order valence-corrected chi connectivity index (χ4v) is 3.19. The molecule has 0 radical (unpaired) electrons. The Morgan fingerprint density at radius 1 is 1.36 bits per heavy atom. The van der Waals surface area contributed by atoms with E-state index in [1.807, 2.05) is 4.90 Å². The van der Waals surface area contributed by atoms with Gasteiger partial charge in [-0.15, -0.1) is 11.6 Å². The number of benzene rings is 1. The number of piperazine rings is 1. The molecule has 5 nitrogen and oxygen atoms in total. The van der Waals surface area contributed by atoms with E-state index < -0.39 is 0 Å². The molecule has 1 heterocycles. The summed E-state index contributed by atoms with van der Waals surface area (Å²) >= 11 is 9.19. The maximum atomic E-state index is 12.5. The lowest BCUT2D eigenvalue weighted by Crippen LogP contribution is -2.51. The van der Waals surface area contributed by atoms with Crippen molar-refractivity contribution < 1.29 is 4.79 Å². The first kappa shape index (κ1) is 20.0. The number of aryl methyl sites for hydroxylation is 1. The van der Waals surface area contributed by atoms with Gasteiger partial charge in [-0.2, -0.15) is 5.10 Å². The number of alkyl halides is 1. The summed E-state index contributed by atoms with van der Waals surface area (Å²) in [6.07, 6.45) is 2.59. The number of carbonyl (C=O) groups excluding carboxylic acids is 1. The summed E-state index contributed by atoms with van der Waals surface area (Å²) in [4.78, 5) is 16.8. The molecule has 1 saturated heterocycles. The number of halogens is 2. The number of rotatable bonds is 7. The molecule has 2 rings (SSSR count). The van der Waals surface area contributed by atoms with Crippen LogP contribution < -0.4 is 4.90 Å². The summed E-state index contributed by atoms with van der Waals surface area (Å²) in [6, 6.07) is 6.39. The van der Waals surface area contributed by atoms with Crippen molar-refractivity contribution in [2.45, 2.75) is 20.3 Å². The van der Waals surface area contributed by atoms with Crippen molar-refractivity contribution in [3.63, 3.8) is 0 Å². The predicted octanol–water partition coefficient (Wildman–Crippen LogP) is 3.34. The monoisotopic (exact) mass is 428 g/mol. The average Bonchev–Trinajstić information content (AvgIpc) is 2.62. The van der Waals surface area contributed by atoms with Crippen LogP contribution in [0.3, 0.4) is 0 Å². The van der Waals surface area contributed by atoms with Crippen LogP contribution in [0.25, 0.3) is 0 Å². The van der Waals surface area contributed by atoms with E-state index in [9.17, 15) is 4.79 Å². The van der Waals surface area contributed by atoms with Crippen molar-refractivity contribution >= 4 is 45.3 Å². The highest BCUT2D eigenvalue weighted by Crippen LogP contribution is 2.23. The lowest BCUT2D eigenvalue weighted by molar-refractivity contribution is -0.132. The summed E-state index contributed by atoms with van der Waals surface area (Å²) in [7, 11) is 0. The van der Waals surface area contributed by atoms with Crippen molar-refractivity contribution in [3.8, 4) is 0 Å². The van der Waals surface area contributed by atoms with Gasteiger partial charge in [0.05, 0.1) is 5.88 Å². The standard InChI is InChI=1S/C18H26BrClN4O/c1-3-8-24(21-7-6-20)14-18(25)23-11-9-22(10-12-23)16-4-5-17(19)15(2)13-16/h4-5,7,13H,3,6,8-12,14H2,1-2H3/b21-7-. The van der Waals surface area contributed by atoms with E-state index in [1.165, 1.54) is 11.3 Å². The van der Waals surface area contributed by atoms with Crippen molar-refractivity contribution in [1.29, 1.82) is 0 Å². The zero-order valence-electron chi connectivity index (χ0n) is 14.9. The van der Waals surface area contributed by atoms with Gasteiger partial charge in [0.25, 0.3) is 0 Å². The summed E-state index contributed by atoms with van der Waals surface area (Å²) in [5.41, 5.74) is 2.44. The number of amides is 1. The molecule has 0 saturated carbocycles. The van der Waals surface area contributed by atoms with Crippen LogP contribution >= 0.6 is 27.5 Å². The van der Waals surface area contributed by atoms with E-state index in [-0.39, 0.29) is 5.91 Å². The fraction of sp³-hybridized carbons (Fsp3) is 0.556. The Kier molecular flexibility index (Phi) is 8.03. The zero-order valence-corrected chi connectivity index (χ0v) is 17.3. The lowest BCUT2D eigenvalue weighted by Gasteiger charge is -2.37. The van der Waals surface area contributed by atoms with Crippen LogP contribution in [0.2, 0.25) is 0 Å². The third kappa shape index (κ3) is 5.89. The van der Waals surface area contributed by atoms with Gasteiger partial charge in [-0.1, -0.05) is 22.9 Å². The summed E-state index contributed by atoms with van der Waals surface area (Å²) in [5.74, 6) is 0.492. The smallest absolute Gasteiger partial charge is 0.243 e. The van der Waals surface area contributed by atoms with E-state index in [0.717, 1.165) is 43.6 Å². The maximum Gasteiger partial charge on any atom is 0.243 e. The molecule has 0 aliphatic carbocycles. The Hall–Kier alpha value is -1.27. The van der Waals surface area contributed by atoms with Gasteiger partial charge in [0.1, 0.15) is 6.54 Å². The maximum absolute atomic E-state index is 12.5. The van der Waals surface area contributed by atoms with Crippen LogP contribution in [0.15, 0.2) is 27.8 Å². The minimum atomic E-state index is 0.131. The van der Waals surface area contributed by atoms with Crippen LogP contribution in [0.1, 0.15) is 18.9 Å². The fourth-order valence-electron chi connectivity index (χ4n) is 2.88. The third-order valence-corrected chi connectivity index (χ3v) is 5.28. The molecule has 7 heteroatoms. The number of nitrogens with zero attached hydrogens (tertiary/aromatic N) is 4. The van der Waals surface area contributed by atoms with Crippen molar-refractivity contribution in [2.75, 3.05) is 50.0 Å². The van der Waals surface area contributed by atoms with Gasteiger partial charge >= 0.3 is 0 Å². The molecule has 0 N–H and O–H groups in total. The van der Waals surface area contributed by atoms with Crippen molar-refractivity contribution in [3.05, 3.63) is 28.2 Å². The van der Waals surface area contributed by atoms with Crippen LogP contribution in [-0.4, -0.2) is 67.2 Å². The first-order valence-electron chi connectivity index (χ1n) is 8.67. The Bertz CT molecular complexity index is 603. The van der Waals surface area contributed by atoms with Gasteiger partial charge in [0, 0.05) is 49.1 Å². The molecule has 1 aromatic carbocycles. The van der Waals surface area contributed by atoms with Crippen LogP contribution in [-0.2, 0) is 4.79 Å². The van der Waals surface area contributed by atoms with Gasteiger partial charge in [-0.3, -0.25) is 9.80 Å². The highest BCUT2D eigenvalue weighted by atomic mass is 79.9. The Morgan fingerprint density at radius 3 is 2.68 bits per heavy atom. The summed E-state index contributed by atoms with van der Waals surface area (Å²) < 4.78 is 1.12. The average molecular weight is 430 g/mol. The van der Waals surface area contributed by atoms with E-state index in [2.05, 4.69) is 58.0 Å². The van der Waals surface area contributed by atoms with Gasteiger partial charge in [-0.25, -0.2) is 0 Å². The normalized spacial score (nSPS) is 15.0. The molecule has 0 unspecified atom stereocenters. The number of hydrogen-bond donors (Lipinski definition) is 0. The predicted molar refractivity (Wildman–Crippen MR) is 109 cm³/mol. The Labute approximate surface area is 163 Å². The molecule has 0 atom stereocenters. The topological polar surface area (TPSA) is 39.2 Å². The molecule has 1 aliphatic heterocycles. The highest BCUT2D eigenvalue weighted by molar-refractivity contribution is 9.10. The molecule has 138 valence electrons. The second-order valence-corrected chi connectivity index (χ2v) is 7.30. The number of carbonyl (C=O) groups is 1. The molecule has 0 aromatic heterocycles. The van der Waals surface area contributed by atoms with E-state index >= 15 is 0 Å². The first-order chi connectivity index (χ1) is 12.0. The zero-order chi connectivity index (χ0) is 18.2. The molecule has 1 amide bonds. The van der Waals surface area contributed by atoms with Crippen LogP contribution in [0, 0.1) is 6.92 Å².